The molecule has 0 saturated carbocycles. The number of hydrogen-bond acceptors (Lipinski definition) is 5. The van der Waals surface area contributed by atoms with Gasteiger partial charge < -0.3 is 9.72 Å². The van der Waals surface area contributed by atoms with E-state index in [1.54, 1.807) is 7.05 Å². The normalized spacial score (nSPS) is 23.8. The van der Waals surface area contributed by atoms with Gasteiger partial charge in [0.2, 0.25) is 0 Å². The van der Waals surface area contributed by atoms with Gasteiger partial charge in [0, 0.05) is 20.1 Å². The van der Waals surface area contributed by atoms with E-state index in [2.05, 4.69) is 19.9 Å². The molecule has 0 aromatic carbocycles. The highest BCUT2D eigenvalue weighted by Crippen LogP contribution is 2.13. The first-order chi connectivity index (χ1) is 9.94. The van der Waals surface area contributed by atoms with Gasteiger partial charge in [0.05, 0.1) is 18.8 Å². The van der Waals surface area contributed by atoms with E-state index < -0.39 is 11.2 Å². The molecule has 2 aromatic heterocycles. The SMILES string of the molecule is C[C@H]1CN(Cc2nc3c([nH]2)c(=O)[nH]c(=O)n3C)C[C@H](C)O1. The number of ether oxygens (including phenoxy) is 1. The molecule has 3 heterocycles. The smallest absolute Gasteiger partial charge is 0.329 e. The van der Waals surface area contributed by atoms with Crippen molar-refractivity contribution in [3.63, 3.8) is 0 Å². The highest BCUT2D eigenvalue weighted by molar-refractivity contribution is 5.69. The first-order valence-electron chi connectivity index (χ1n) is 6.99. The summed E-state index contributed by atoms with van der Waals surface area (Å²) in [6.07, 6.45) is 0.344. The van der Waals surface area contributed by atoms with Gasteiger partial charge >= 0.3 is 5.69 Å². The summed E-state index contributed by atoms with van der Waals surface area (Å²) in [7, 11) is 1.59. The van der Waals surface area contributed by atoms with Crippen molar-refractivity contribution in [3.8, 4) is 0 Å². The fourth-order valence-corrected chi connectivity index (χ4v) is 2.85. The Bertz CT molecular complexity index is 764. The Morgan fingerprint density at radius 2 is 1.90 bits per heavy atom. The number of imidazole rings is 1. The number of H-pyrrole nitrogens is 2. The fraction of sp³-hybridized carbons (Fsp3) is 0.615. The van der Waals surface area contributed by atoms with Gasteiger partial charge in [0.1, 0.15) is 11.3 Å². The van der Waals surface area contributed by atoms with Crippen LogP contribution in [0.25, 0.3) is 11.2 Å². The summed E-state index contributed by atoms with van der Waals surface area (Å²) < 4.78 is 7.03. The Balaban J connectivity index is 1.92. The molecule has 0 spiro atoms. The number of fused-ring (bicyclic) bond motifs is 1. The average molecular weight is 293 g/mol. The topological polar surface area (TPSA) is 96.0 Å². The molecule has 2 aromatic rings. The predicted octanol–water partition coefficient (Wildman–Crippen LogP) is -0.441. The van der Waals surface area contributed by atoms with Gasteiger partial charge in [-0.1, -0.05) is 0 Å². The lowest BCUT2D eigenvalue weighted by Gasteiger charge is -2.34. The maximum atomic E-state index is 11.8. The number of morpholine rings is 1. The summed E-state index contributed by atoms with van der Waals surface area (Å²) in [6.45, 7) is 6.30. The number of aryl methyl sites for hydroxylation is 1. The van der Waals surface area contributed by atoms with E-state index in [-0.39, 0.29) is 12.2 Å². The lowest BCUT2D eigenvalue weighted by molar-refractivity contribution is -0.0710. The molecule has 1 saturated heterocycles. The maximum absolute atomic E-state index is 11.8. The van der Waals surface area contributed by atoms with Crippen molar-refractivity contribution >= 4 is 11.2 Å². The molecule has 2 N–H and O–H groups in total. The molecule has 0 amide bonds. The summed E-state index contributed by atoms with van der Waals surface area (Å²) >= 11 is 0. The van der Waals surface area contributed by atoms with E-state index in [0.29, 0.717) is 23.5 Å². The molecule has 0 bridgehead atoms. The van der Waals surface area contributed by atoms with Crippen LogP contribution in [-0.2, 0) is 18.3 Å². The van der Waals surface area contributed by atoms with Crippen LogP contribution < -0.4 is 11.2 Å². The number of aromatic amines is 2. The van der Waals surface area contributed by atoms with Crippen LogP contribution in [0.5, 0.6) is 0 Å². The molecule has 0 radical (unpaired) electrons. The quantitative estimate of drug-likeness (QED) is 0.782. The van der Waals surface area contributed by atoms with Crippen molar-refractivity contribution in [2.45, 2.75) is 32.6 Å². The third-order valence-electron chi connectivity index (χ3n) is 3.67. The van der Waals surface area contributed by atoms with Gasteiger partial charge in [-0.05, 0) is 13.8 Å². The van der Waals surface area contributed by atoms with Crippen LogP contribution in [-0.4, -0.2) is 49.7 Å². The monoisotopic (exact) mass is 293 g/mol. The van der Waals surface area contributed by atoms with Crippen molar-refractivity contribution in [2.24, 2.45) is 7.05 Å². The molecule has 3 rings (SSSR count). The summed E-state index contributed by atoms with van der Waals surface area (Å²) in [5, 5.41) is 0. The minimum absolute atomic E-state index is 0.172. The summed E-state index contributed by atoms with van der Waals surface area (Å²) in [6, 6.07) is 0. The molecule has 0 unspecified atom stereocenters. The van der Waals surface area contributed by atoms with Crippen molar-refractivity contribution in [2.75, 3.05) is 13.1 Å². The van der Waals surface area contributed by atoms with Gasteiger partial charge in [-0.3, -0.25) is 19.2 Å². The van der Waals surface area contributed by atoms with Gasteiger partial charge in [-0.15, -0.1) is 0 Å². The van der Waals surface area contributed by atoms with Gasteiger partial charge in [0.15, 0.2) is 5.65 Å². The van der Waals surface area contributed by atoms with E-state index in [4.69, 9.17) is 4.74 Å². The number of aromatic nitrogens is 4. The zero-order chi connectivity index (χ0) is 15.1. The molecule has 1 aliphatic heterocycles. The van der Waals surface area contributed by atoms with Gasteiger partial charge in [-0.25, -0.2) is 9.78 Å². The Morgan fingerprint density at radius 3 is 2.57 bits per heavy atom. The molecular formula is C13H19N5O3. The molecule has 8 heteroatoms. The van der Waals surface area contributed by atoms with Crippen molar-refractivity contribution < 1.29 is 4.74 Å². The van der Waals surface area contributed by atoms with Crippen LogP contribution in [0.1, 0.15) is 19.7 Å². The molecule has 0 aliphatic carbocycles. The second-order valence-electron chi connectivity index (χ2n) is 5.65. The lowest BCUT2D eigenvalue weighted by Crippen LogP contribution is -2.45. The minimum atomic E-state index is -0.459. The van der Waals surface area contributed by atoms with E-state index in [9.17, 15) is 9.59 Å². The van der Waals surface area contributed by atoms with Gasteiger partial charge in [-0.2, -0.15) is 0 Å². The largest absolute Gasteiger partial charge is 0.373 e. The number of nitrogens with zero attached hydrogens (tertiary/aromatic N) is 3. The maximum Gasteiger partial charge on any atom is 0.329 e. The Kier molecular flexibility index (Phi) is 3.42. The van der Waals surface area contributed by atoms with Gasteiger partial charge in [0.25, 0.3) is 5.56 Å². The second-order valence-corrected chi connectivity index (χ2v) is 5.65. The number of nitrogens with one attached hydrogen (secondary N) is 2. The Morgan fingerprint density at radius 1 is 1.24 bits per heavy atom. The Hall–Kier alpha value is -1.93. The average Bonchev–Trinajstić information content (AvgIpc) is 2.79. The lowest BCUT2D eigenvalue weighted by atomic mass is 10.2. The summed E-state index contributed by atoms with van der Waals surface area (Å²) in [5.41, 5.74) is -0.177. The highest BCUT2D eigenvalue weighted by Gasteiger charge is 2.23. The van der Waals surface area contributed by atoms with E-state index in [0.717, 1.165) is 13.1 Å². The molecule has 1 fully saturated rings. The van der Waals surface area contributed by atoms with Crippen LogP contribution in [0.2, 0.25) is 0 Å². The van der Waals surface area contributed by atoms with Crippen molar-refractivity contribution in [1.82, 2.24) is 24.4 Å². The first-order valence-corrected chi connectivity index (χ1v) is 6.99. The molecule has 21 heavy (non-hydrogen) atoms. The standard InChI is InChI=1S/C13H19N5O3/c1-7-4-18(5-8(2)21-7)6-9-14-10-11(15-9)17(3)13(20)16-12(10)19/h7-8H,4-6H2,1-3H3,(H,14,15)(H,16,19,20)/t7-,8-/m0/s1. The van der Waals surface area contributed by atoms with Crippen LogP contribution >= 0.6 is 0 Å². The molecule has 8 nitrogen and oxygen atoms in total. The Labute approximate surface area is 120 Å². The third-order valence-corrected chi connectivity index (χ3v) is 3.67. The van der Waals surface area contributed by atoms with Crippen LogP contribution in [0, 0.1) is 0 Å². The van der Waals surface area contributed by atoms with Crippen LogP contribution in [0.3, 0.4) is 0 Å². The highest BCUT2D eigenvalue weighted by atomic mass is 16.5. The minimum Gasteiger partial charge on any atom is -0.373 e. The molecule has 114 valence electrons. The molecular weight excluding hydrogens is 274 g/mol. The summed E-state index contributed by atoms with van der Waals surface area (Å²) in [4.78, 5) is 35.2. The molecule has 1 aliphatic rings. The second kappa shape index (κ2) is 5.12. The number of rotatable bonds is 2. The van der Waals surface area contributed by atoms with Crippen LogP contribution in [0.15, 0.2) is 9.59 Å². The van der Waals surface area contributed by atoms with Crippen molar-refractivity contribution in [3.05, 3.63) is 26.7 Å². The fourth-order valence-electron chi connectivity index (χ4n) is 2.85. The van der Waals surface area contributed by atoms with E-state index in [1.807, 2.05) is 13.8 Å². The summed E-state index contributed by atoms with van der Waals surface area (Å²) in [5.74, 6) is 0.679. The van der Waals surface area contributed by atoms with Crippen LogP contribution in [0.4, 0.5) is 0 Å². The zero-order valence-electron chi connectivity index (χ0n) is 12.3. The third kappa shape index (κ3) is 2.64. The number of hydrogen-bond donors (Lipinski definition) is 2. The first kappa shape index (κ1) is 14.0. The van der Waals surface area contributed by atoms with Crippen molar-refractivity contribution in [1.29, 1.82) is 0 Å². The van der Waals surface area contributed by atoms with E-state index in [1.165, 1.54) is 4.57 Å². The van der Waals surface area contributed by atoms with E-state index >= 15 is 0 Å². The zero-order valence-corrected chi connectivity index (χ0v) is 12.3. The molecule has 2 atom stereocenters. The predicted molar refractivity (Wildman–Crippen MR) is 77.2 cm³/mol.